The van der Waals surface area contributed by atoms with Gasteiger partial charge in [-0.3, -0.25) is 9.59 Å². The number of nitrogens with zero attached hydrogens (tertiary/aromatic N) is 4. The number of anilines is 1. The smallest absolute Gasteiger partial charge is 0.321 e. The molecular weight excluding hydrogens is 399 g/mol. The lowest BCUT2D eigenvalue weighted by Crippen LogP contribution is -2.19. The van der Waals surface area contributed by atoms with Crippen LogP contribution in [0.15, 0.2) is 65.7 Å². The number of alkyl halides is 3. The summed E-state index contributed by atoms with van der Waals surface area (Å²) in [6.45, 7) is 0. The van der Waals surface area contributed by atoms with Crippen molar-refractivity contribution >= 4 is 22.6 Å². The van der Waals surface area contributed by atoms with Crippen LogP contribution >= 0.6 is 0 Å². The number of halogens is 3. The summed E-state index contributed by atoms with van der Waals surface area (Å²) >= 11 is 0. The third kappa shape index (κ3) is 3.43. The molecule has 1 amide bonds. The van der Waals surface area contributed by atoms with E-state index in [1.807, 2.05) is 0 Å². The summed E-state index contributed by atoms with van der Waals surface area (Å²) in [4.78, 5) is 29.6. The van der Waals surface area contributed by atoms with E-state index in [9.17, 15) is 22.8 Å². The fourth-order valence-electron chi connectivity index (χ4n) is 2.96. The average Bonchev–Trinajstić information content (AvgIpc) is 3.11. The van der Waals surface area contributed by atoms with Crippen LogP contribution in [0.25, 0.3) is 16.7 Å². The molecule has 0 spiro atoms. The highest BCUT2D eigenvalue weighted by molar-refractivity contribution is 6.10. The number of rotatable bonds is 3. The number of nitrogens with one attached hydrogen (secondary N) is 1. The lowest BCUT2D eigenvalue weighted by atomic mass is 10.2. The zero-order valence-corrected chi connectivity index (χ0v) is 15.5. The number of hydrogen-bond acceptors (Lipinski definition) is 4. The Morgan fingerprint density at radius 1 is 1.07 bits per heavy atom. The van der Waals surface area contributed by atoms with Crippen molar-refractivity contribution in [2.24, 2.45) is 7.05 Å². The number of hydrogen-bond donors (Lipinski definition) is 1. The molecule has 0 saturated carbocycles. The summed E-state index contributed by atoms with van der Waals surface area (Å²) in [5.41, 5.74) is -0.885. The van der Waals surface area contributed by atoms with Crippen molar-refractivity contribution in [3.63, 3.8) is 0 Å². The van der Waals surface area contributed by atoms with E-state index in [2.05, 4.69) is 15.4 Å². The Bertz CT molecular complexity index is 1310. The van der Waals surface area contributed by atoms with Crippen molar-refractivity contribution in [3.05, 3.63) is 82.5 Å². The Kier molecular flexibility index (Phi) is 4.61. The molecule has 4 rings (SSSR count). The third-order valence-electron chi connectivity index (χ3n) is 4.41. The van der Waals surface area contributed by atoms with Crippen LogP contribution in [0.4, 0.5) is 18.9 Å². The fraction of sp³-hybridized carbons (Fsp3) is 0.100. The summed E-state index contributed by atoms with van der Waals surface area (Å²) in [6, 6.07) is 12.9. The van der Waals surface area contributed by atoms with Crippen LogP contribution < -0.4 is 10.9 Å². The highest BCUT2D eigenvalue weighted by Gasteiger charge is 2.30. The first-order chi connectivity index (χ1) is 14.3. The van der Waals surface area contributed by atoms with Crippen LogP contribution in [0.5, 0.6) is 0 Å². The first-order valence-electron chi connectivity index (χ1n) is 8.74. The van der Waals surface area contributed by atoms with Crippen LogP contribution in [0.3, 0.4) is 0 Å². The molecule has 10 heteroatoms. The van der Waals surface area contributed by atoms with Crippen molar-refractivity contribution in [2.75, 3.05) is 5.32 Å². The monoisotopic (exact) mass is 413 g/mol. The average molecular weight is 413 g/mol. The first-order valence-corrected chi connectivity index (χ1v) is 8.74. The van der Waals surface area contributed by atoms with Crippen molar-refractivity contribution in [2.45, 2.75) is 6.18 Å². The number of para-hydroxylation sites is 1. The molecule has 0 fully saturated rings. The van der Waals surface area contributed by atoms with E-state index in [0.717, 1.165) is 12.1 Å². The number of aryl methyl sites for hydroxylation is 1. The molecule has 0 aliphatic heterocycles. The van der Waals surface area contributed by atoms with Crippen molar-refractivity contribution < 1.29 is 18.0 Å². The van der Waals surface area contributed by atoms with Gasteiger partial charge < -0.3 is 9.88 Å². The van der Waals surface area contributed by atoms with E-state index in [-0.39, 0.29) is 22.4 Å². The zero-order valence-electron chi connectivity index (χ0n) is 15.5. The third-order valence-corrected chi connectivity index (χ3v) is 4.41. The minimum absolute atomic E-state index is 0.0476. The minimum Gasteiger partial charge on any atom is -0.321 e. The van der Waals surface area contributed by atoms with Gasteiger partial charge in [0.25, 0.3) is 11.5 Å². The molecule has 0 unspecified atom stereocenters. The van der Waals surface area contributed by atoms with Gasteiger partial charge in [0.1, 0.15) is 5.52 Å². The second-order valence-corrected chi connectivity index (χ2v) is 6.49. The van der Waals surface area contributed by atoms with Gasteiger partial charge >= 0.3 is 6.18 Å². The van der Waals surface area contributed by atoms with Gasteiger partial charge in [-0.25, -0.2) is 9.67 Å². The molecule has 4 aromatic rings. The van der Waals surface area contributed by atoms with Gasteiger partial charge in [0, 0.05) is 12.7 Å². The Balaban J connectivity index is 1.81. The standard InChI is InChI=1S/C20H14F3N5O2/c1-27-11-24-15-16(18(29)25-13-7-5-6-12(10-13)20(21,22)23)26-28(17(15)19(27)30)14-8-3-2-4-9-14/h2-11H,1H3,(H,25,29). The van der Waals surface area contributed by atoms with Crippen LogP contribution in [-0.4, -0.2) is 25.2 Å². The summed E-state index contributed by atoms with van der Waals surface area (Å²) in [5, 5.41) is 6.63. The molecule has 0 bridgehead atoms. The van der Waals surface area contributed by atoms with Crippen LogP contribution in [0.1, 0.15) is 16.1 Å². The normalized spacial score (nSPS) is 11.6. The predicted molar refractivity (Wildman–Crippen MR) is 104 cm³/mol. The van der Waals surface area contributed by atoms with Gasteiger partial charge in [0.2, 0.25) is 0 Å². The molecule has 0 aliphatic carbocycles. The molecule has 2 aromatic carbocycles. The van der Waals surface area contributed by atoms with Crippen LogP contribution in [0.2, 0.25) is 0 Å². The number of benzene rings is 2. The molecule has 2 heterocycles. The molecule has 152 valence electrons. The number of fused-ring (bicyclic) bond motifs is 1. The minimum atomic E-state index is -4.55. The lowest BCUT2D eigenvalue weighted by molar-refractivity contribution is -0.137. The van der Waals surface area contributed by atoms with Gasteiger partial charge in [-0.05, 0) is 30.3 Å². The topological polar surface area (TPSA) is 81.8 Å². The lowest BCUT2D eigenvalue weighted by Gasteiger charge is -2.09. The van der Waals surface area contributed by atoms with Gasteiger partial charge in [0.05, 0.1) is 17.6 Å². The van der Waals surface area contributed by atoms with E-state index in [1.54, 1.807) is 30.3 Å². The number of carbonyl (C=O) groups is 1. The fourth-order valence-corrected chi connectivity index (χ4v) is 2.96. The second-order valence-electron chi connectivity index (χ2n) is 6.49. The number of aromatic nitrogens is 4. The van der Waals surface area contributed by atoms with E-state index in [0.29, 0.717) is 5.69 Å². The highest BCUT2D eigenvalue weighted by atomic mass is 19.4. The van der Waals surface area contributed by atoms with Crippen molar-refractivity contribution in [1.29, 1.82) is 0 Å². The molecule has 1 N–H and O–H groups in total. The van der Waals surface area contributed by atoms with E-state index in [4.69, 9.17) is 0 Å². The highest BCUT2D eigenvalue weighted by Crippen LogP contribution is 2.31. The first kappa shape index (κ1) is 19.4. The Hall–Kier alpha value is -3.95. The Labute approximate surface area is 167 Å². The maximum Gasteiger partial charge on any atom is 0.416 e. The van der Waals surface area contributed by atoms with Crippen molar-refractivity contribution in [1.82, 2.24) is 19.3 Å². The van der Waals surface area contributed by atoms with Crippen LogP contribution in [0, 0.1) is 0 Å². The zero-order chi connectivity index (χ0) is 21.5. The van der Waals surface area contributed by atoms with Gasteiger partial charge in [-0.15, -0.1) is 0 Å². The molecule has 0 saturated heterocycles. The molecule has 7 nitrogen and oxygen atoms in total. The molecule has 0 aliphatic rings. The molecule has 0 atom stereocenters. The van der Waals surface area contributed by atoms with Gasteiger partial charge in [-0.1, -0.05) is 24.3 Å². The summed E-state index contributed by atoms with van der Waals surface area (Å²) in [7, 11) is 1.51. The SMILES string of the molecule is Cn1cnc2c(C(=O)Nc3cccc(C(F)(F)F)c3)nn(-c3ccccc3)c2c1=O. The molecule has 0 radical (unpaired) electrons. The van der Waals surface area contributed by atoms with Crippen LogP contribution in [-0.2, 0) is 13.2 Å². The second kappa shape index (κ2) is 7.14. The molecule has 2 aromatic heterocycles. The summed E-state index contributed by atoms with van der Waals surface area (Å²) in [6.07, 6.45) is -3.29. The quantitative estimate of drug-likeness (QED) is 0.558. The summed E-state index contributed by atoms with van der Waals surface area (Å²) < 4.78 is 41.3. The molecule has 30 heavy (non-hydrogen) atoms. The van der Waals surface area contributed by atoms with E-state index >= 15 is 0 Å². The van der Waals surface area contributed by atoms with E-state index < -0.39 is 23.2 Å². The van der Waals surface area contributed by atoms with Gasteiger partial charge in [-0.2, -0.15) is 18.3 Å². The summed E-state index contributed by atoms with van der Waals surface area (Å²) in [5.74, 6) is -0.783. The maximum atomic E-state index is 12.9. The van der Waals surface area contributed by atoms with Gasteiger partial charge in [0.15, 0.2) is 11.2 Å². The predicted octanol–water partition coefficient (Wildman–Crippen LogP) is 3.39. The Morgan fingerprint density at radius 3 is 2.50 bits per heavy atom. The number of carbonyl (C=O) groups excluding carboxylic acids is 1. The Morgan fingerprint density at radius 2 is 1.80 bits per heavy atom. The molecular formula is C20H14F3N5O2. The maximum absolute atomic E-state index is 12.9. The number of amides is 1. The van der Waals surface area contributed by atoms with Crippen molar-refractivity contribution in [3.8, 4) is 5.69 Å². The van der Waals surface area contributed by atoms with E-state index in [1.165, 1.54) is 34.8 Å². The largest absolute Gasteiger partial charge is 0.416 e.